The maximum absolute atomic E-state index is 10.9. The van der Waals surface area contributed by atoms with E-state index < -0.39 is 27.3 Å². The molecule has 13 heavy (non-hydrogen) atoms. The molecule has 0 aliphatic carbocycles. The Labute approximate surface area is 76.6 Å². The van der Waals surface area contributed by atoms with E-state index in [9.17, 15) is 13.2 Å². The number of carboxylic acids is 1. The molecule has 0 aliphatic heterocycles. The number of nitrogens with one attached hydrogen (secondary N) is 1. The highest BCUT2D eigenvalue weighted by Crippen LogP contribution is 1.98. The van der Waals surface area contributed by atoms with Gasteiger partial charge in [-0.1, -0.05) is 0 Å². The monoisotopic (exact) mass is 211 g/mol. The third-order valence-electron chi connectivity index (χ3n) is 1.04. The summed E-state index contributed by atoms with van der Waals surface area (Å²) in [4.78, 5) is 10.1. The van der Waals surface area contributed by atoms with E-state index in [4.69, 9.17) is 10.2 Å². The summed E-state index contributed by atoms with van der Waals surface area (Å²) < 4.78 is 23.7. The molecule has 0 aromatic rings. The first-order valence-corrected chi connectivity index (χ1v) is 5.19. The lowest BCUT2D eigenvalue weighted by Crippen LogP contribution is -2.40. The number of aliphatic carboxylic acids is 1. The van der Waals surface area contributed by atoms with Crippen LogP contribution < -0.4 is 4.72 Å². The van der Waals surface area contributed by atoms with E-state index in [-0.39, 0.29) is 6.54 Å². The number of carbonyl (C=O) groups is 1. The van der Waals surface area contributed by atoms with Gasteiger partial charge in [0.2, 0.25) is 10.0 Å². The molecule has 0 heterocycles. The van der Waals surface area contributed by atoms with Crippen LogP contribution in [-0.4, -0.2) is 42.5 Å². The fourth-order valence-electron chi connectivity index (χ4n) is 0.500. The van der Waals surface area contributed by atoms with Gasteiger partial charge in [0, 0.05) is 6.54 Å². The number of carboxylic acid groups (broad SMARTS) is 1. The minimum absolute atomic E-state index is 0.206. The number of rotatable bonds is 5. The van der Waals surface area contributed by atoms with E-state index in [1.807, 2.05) is 4.72 Å². The van der Waals surface area contributed by atoms with Crippen molar-refractivity contribution in [2.24, 2.45) is 0 Å². The van der Waals surface area contributed by atoms with Crippen LogP contribution in [0.4, 0.5) is 0 Å². The van der Waals surface area contributed by atoms with Crippen molar-refractivity contribution >= 4 is 16.0 Å². The van der Waals surface area contributed by atoms with Gasteiger partial charge in [-0.15, -0.1) is 0 Å². The smallest absolute Gasteiger partial charge is 0.320 e. The van der Waals surface area contributed by atoms with Crippen molar-refractivity contribution in [2.75, 3.05) is 12.3 Å². The lowest BCUT2D eigenvalue weighted by Gasteiger charge is -2.16. The summed E-state index contributed by atoms with van der Waals surface area (Å²) in [5, 5.41) is 17.3. The van der Waals surface area contributed by atoms with Crippen molar-refractivity contribution in [1.82, 2.24) is 4.72 Å². The Hall–Kier alpha value is -0.660. The first-order chi connectivity index (χ1) is 5.62. The molecule has 0 radical (unpaired) electrons. The fraction of sp³-hybridized carbons (Fsp3) is 0.833. The van der Waals surface area contributed by atoms with Crippen LogP contribution in [0.25, 0.3) is 0 Å². The number of hydrogen-bond donors (Lipinski definition) is 3. The van der Waals surface area contributed by atoms with Crippen molar-refractivity contribution in [3.63, 3.8) is 0 Å². The van der Waals surface area contributed by atoms with E-state index in [1.165, 1.54) is 13.8 Å². The molecule has 0 atom stereocenters. The Bertz CT molecular complexity index is 276. The van der Waals surface area contributed by atoms with Crippen LogP contribution >= 0.6 is 0 Å². The molecule has 0 amide bonds. The second-order valence-electron chi connectivity index (χ2n) is 3.29. The van der Waals surface area contributed by atoms with E-state index in [1.54, 1.807) is 0 Å². The average Bonchev–Trinajstić information content (AvgIpc) is 1.79. The van der Waals surface area contributed by atoms with Crippen molar-refractivity contribution in [3.8, 4) is 0 Å². The molecular formula is C6H13NO5S. The number of aliphatic hydroxyl groups is 1. The second-order valence-corrected chi connectivity index (χ2v) is 5.09. The maximum atomic E-state index is 10.9. The van der Waals surface area contributed by atoms with Crippen LogP contribution in [0, 0.1) is 0 Å². The lowest BCUT2D eigenvalue weighted by molar-refractivity contribution is -0.134. The van der Waals surface area contributed by atoms with Crippen LogP contribution in [0.1, 0.15) is 13.8 Å². The van der Waals surface area contributed by atoms with Gasteiger partial charge in [-0.05, 0) is 13.8 Å². The Morgan fingerprint density at radius 3 is 2.23 bits per heavy atom. The molecule has 0 spiro atoms. The Morgan fingerprint density at radius 2 is 1.92 bits per heavy atom. The summed E-state index contributed by atoms with van der Waals surface area (Å²) in [5.74, 6) is -2.41. The molecule has 0 bridgehead atoms. The Morgan fingerprint density at radius 1 is 1.46 bits per heavy atom. The molecule has 0 aromatic carbocycles. The van der Waals surface area contributed by atoms with Gasteiger partial charge in [0.15, 0.2) is 5.75 Å². The van der Waals surface area contributed by atoms with Crippen LogP contribution in [0.3, 0.4) is 0 Å². The first-order valence-electron chi connectivity index (χ1n) is 3.54. The quantitative estimate of drug-likeness (QED) is 0.527. The van der Waals surface area contributed by atoms with Crippen molar-refractivity contribution in [2.45, 2.75) is 19.4 Å². The van der Waals surface area contributed by atoms with Crippen LogP contribution in [0.15, 0.2) is 0 Å². The highest BCUT2D eigenvalue weighted by Gasteiger charge is 2.19. The van der Waals surface area contributed by atoms with Crippen LogP contribution in [0.5, 0.6) is 0 Å². The molecule has 0 saturated heterocycles. The zero-order valence-electron chi connectivity index (χ0n) is 7.44. The highest BCUT2D eigenvalue weighted by molar-refractivity contribution is 7.90. The predicted octanol–water partition coefficient (Wildman–Crippen LogP) is -1.24. The molecule has 0 aliphatic rings. The van der Waals surface area contributed by atoms with Crippen LogP contribution in [0.2, 0.25) is 0 Å². The molecule has 0 aromatic heterocycles. The van der Waals surface area contributed by atoms with E-state index in [0.717, 1.165) is 0 Å². The molecule has 0 saturated carbocycles. The first kappa shape index (κ1) is 12.3. The zero-order chi connectivity index (χ0) is 10.7. The highest BCUT2D eigenvalue weighted by atomic mass is 32.2. The summed E-state index contributed by atoms with van der Waals surface area (Å²) in [6.07, 6.45) is 0. The summed E-state index contributed by atoms with van der Waals surface area (Å²) >= 11 is 0. The minimum Gasteiger partial charge on any atom is -0.480 e. The largest absolute Gasteiger partial charge is 0.480 e. The number of hydrogen-bond acceptors (Lipinski definition) is 4. The third-order valence-corrected chi connectivity index (χ3v) is 2.25. The topological polar surface area (TPSA) is 104 Å². The van der Waals surface area contributed by atoms with Gasteiger partial charge in [0.1, 0.15) is 0 Å². The summed E-state index contributed by atoms with van der Waals surface area (Å²) in [5.41, 5.74) is -1.19. The van der Waals surface area contributed by atoms with E-state index >= 15 is 0 Å². The summed E-state index contributed by atoms with van der Waals surface area (Å²) in [7, 11) is -3.82. The van der Waals surface area contributed by atoms with Gasteiger partial charge in [0.05, 0.1) is 5.60 Å². The molecular weight excluding hydrogens is 198 g/mol. The van der Waals surface area contributed by atoms with Gasteiger partial charge in [0.25, 0.3) is 0 Å². The van der Waals surface area contributed by atoms with Gasteiger partial charge in [-0.2, -0.15) is 0 Å². The van der Waals surface area contributed by atoms with Gasteiger partial charge >= 0.3 is 5.97 Å². The molecule has 6 nitrogen and oxygen atoms in total. The summed E-state index contributed by atoms with van der Waals surface area (Å²) in [6.45, 7) is 2.62. The average molecular weight is 211 g/mol. The third kappa shape index (κ3) is 7.69. The van der Waals surface area contributed by atoms with Crippen molar-refractivity contribution in [3.05, 3.63) is 0 Å². The van der Waals surface area contributed by atoms with E-state index in [2.05, 4.69) is 0 Å². The molecule has 0 unspecified atom stereocenters. The number of sulfonamides is 1. The van der Waals surface area contributed by atoms with Crippen molar-refractivity contribution in [1.29, 1.82) is 0 Å². The van der Waals surface area contributed by atoms with Gasteiger partial charge in [-0.3, -0.25) is 4.79 Å². The molecule has 78 valence electrons. The zero-order valence-corrected chi connectivity index (χ0v) is 8.26. The summed E-state index contributed by atoms with van der Waals surface area (Å²) in [6, 6.07) is 0. The van der Waals surface area contributed by atoms with Crippen LogP contribution in [-0.2, 0) is 14.8 Å². The lowest BCUT2D eigenvalue weighted by atomic mass is 10.1. The Kier molecular flexibility index (Phi) is 3.83. The van der Waals surface area contributed by atoms with Gasteiger partial charge in [-0.25, -0.2) is 13.1 Å². The predicted molar refractivity (Wildman–Crippen MR) is 45.7 cm³/mol. The standard InChI is InChI=1S/C6H13NO5S/c1-6(2,10)4-7-13(11,12)3-5(8)9/h7,10H,3-4H2,1-2H3,(H,8,9). The SMILES string of the molecule is CC(C)(O)CNS(=O)(=O)CC(=O)O. The van der Waals surface area contributed by atoms with Crippen molar-refractivity contribution < 1.29 is 23.4 Å². The molecule has 0 rings (SSSR count). The fourth-order valence-corrected chi connectivity index (χ4v) is 1.50. The maximum Gasteiger partial charge on any atom is 0.320 e. The molecule has 7 heteroatoms. The molecule has 3 N–H and O–H groups in total. The van der Waals surface area contributed by atoms with Gasteiger partial charge < -0.3 is 10.2 Å². The molecule has 0 fully saturated rings. The van der Waals surface area contributed by atoms with E-state index in [0.29, 0.717) is 0 Å². The minimum atomic E-state index is -3.82. The second kappa shape index (κ2) is 4.03. The Balaban J connectivity index is 4.13. The normalized spacial score (nSPS) is 12.8.